The highest BCUT2D eigenvalue weighted by Gasteiger charge is 2.57. The van der Waals surface area contributed by atoms with E-state index in [1.54, 1.807) is 0 Å². The van der Waals surface area contributed by atoms with Gasteiger partial charge in [0.2, 0.25) is 5.79 Å². The van der Waals surface area contributed by atoms with E-state index in [4.69, 9.17) is 19.3 Å². The van der Waals surface area contributed by atoms with E-state index in [9.17, 15) is 33.8 Å². The van der Waals surface area contributed by atoms with Gasteiger partial charge in [-0.05, 0) is 6.92 Å². The number of nitrogens with one attached hydrogen (secondary N) is 1. The number of rotatable bonds is 8. The summed E-state index contributed by atoms with van der Waals surface area (Å²) in [6.07, 6.45) is -4.39. The highest BCUT2D eigenvalue weighted by atomic mass is 31.3. The van der Waals surface area contributed by atoms with Gasteiger partial charge in [0.25, 0.3) is 5.56 Å². The second kappa shape index (κ2) is 8.26. The predicted molar refractivity (Wildman–Crippen MR) is 86.7 cm³/mol. The van der Waals surface area contributed by atoms with Crippen LogP contribution in [0.3, 0.4) is 0 Å². The maximum atomic E-state index is 11.9. The zero-order valence-electron chi connectivity index (χ0n) is 14.1. The predicted octanol–water partition coefficient (Wildman–Crippen LogP) is -2.25. The molecular weight excluding hydrogens is 430 g/mol. The van der Waals surface area contributed by atoms with Crippen molar-refractivity contribution in [3.63, 3.8) is 0 Å². The molecule has 1 aliphatic heterocycles. The van der Waals surface area contributed by atoms with E-state index in [2.05, 4.69) is 8.83 Å². The molecule has 0 radical (unpaired) electrons. The fourth-order valence-electron chi connectivity index (χ4n) is 2.46. The molecule has 0 spiro atoms. The molecule has 5 atom stereocenters. The molecule has 0 aromatic carbocycles. The smallest absolute Gasteiger partial charge is 0.385 e. The van der Waals surface area contributed by atoms with E-state index in [1.165, 1.54) is 6.92 Å². The standard InChI is InChI=1S/C11H18N2O13P2/c1-2-23-11(5-24-28(21,22)26-27(18,19)20)8(16)7(15)9(25-11)13-4-3-6(14)12-10(13)17/h3-4,7-9,15-16H,2,5H2,1H3,(H,21,22)(H,12,14,17)(H2,18,19,20)/t7-,8+,9-,11-/m1/s1. The number of H-pyrrole nitrogens is 1. The minimum Gasteiger partial charge on any atom is -0.385 e. The van der Waals surface area contributed by atoms with Crippen LogP contribution < -0.4 is 11.2 Å². The normalized spacial score (nSPS) is 30.3. The molecule has 1 saturated heterocycles. The molecule has 2 heterocycles. The molecule has 28 heavy (non-hydrogen) atoms. The van der Waals surface area contributed by atoms with E-state index < -0.39 is 57.7 Å². The first-order chi connectivity index (χ1) is 12.8. The lowest BCUT2D eigenvalue weighted by Gasteiger charge is -2.31. The number of aromatic nitrogens is 2. The number of phosphoric ester groups is 1. The third kappa shape index (κ3) is 5.23. The maximum absolute atomic E-state index is 11.9. The molecule has 2 rings (SSSR count). The number of ether oxygens (including phenoxy) is 2. The molecule has 160 valence electrons. The molecule has 1 unspecified atom stereocenters. The van der Waals surface area contributed by atoms with Crippen molar-refractivity contribution in [2.45, 2.75) is 31.1 Å². The maximum Gasteiger partial charge on any atom is 0.481 e. The Bertz CT molecular complexity index is 908. The Labute approximate surface area is 155 Å². The molecule has 17 heteroatoms. The lowest BCUT2D eigenvalue weighted by atomic mass is 10.1. The molecule has 1 aliphatic rings. The Kier molecular flexibility index (Phi) is 6.80. The summed E-state index contributed by atoms with van der Waals surface area (Å²) < 4.78 is 41.7. The third-order valence-electron chi connectivity index (χ3n) is 3.54. The van der Waals surface area contributed by atoms with Gasteiger partial charge in [0.15, 0.2) is 6.23 Å². The molecule has 6 N–H and O–H groups in total. The van der Waals surface area contributed by atoms with Crippen LogP contribution in [0.5, 0.6) is 0 Å². The van der Waals surface area contributed by atoms with Crippen LogP contribution in [0.1, 0.15) is 13.2 Å². The topological polar surface area (TPSA) is 227 Å². The van der Waals surface area contributed by atoms with Crippen LogP contribution in [0.4, 0.5) is 0 Å². The summed E-state index contributed by atoms with van der Waals surface area (Å²) in [7, 11) is -10.7. The summed E-state index contributed by atoms with van der Waals surface area (Å²) in [5, 5.41) is 20.5. The van der Waals surface area contributed by atoms with Crippen molar-refractivity contribution in [3.05, 3.63) is 33.1 Å². The summed E-state index contributed by atoms with van der Waals surface area (Å²) in [4.78, 5) is 51.5. The van der Waals surface area contributed by atoms with Gasteiger partial charge < -0.3 is 34.4 Å². The van der Waals surface area contributed by atoms with E-state index in [0.29, 0.717) is 0 Å². The van der Waals surface area contributed by atoms with Crippen LogP contribution in [0, 0.1) is 0 Å². The molecule has 15 nitrogen and oxygen atoms in total. The van der Waals surface area contributed by atoms with Crippen molar-refractivity contribution >= 4 is 15.6 Å². The van der Waals surface area contributed by atoms with E-state index in [-0.39, 0.29) is 6.61 Å². The highest BCUT2D eigenvalue weighted by Crippen LogP contribution is 2.58. The van der Waals surface area contributed by atoms with Crippen molar-refractivity contribution in [1.82, 2.24) is 9.55 Å². The molecule has 0 saturated carbocycles. The van der Waals surface area contributed by atoms with Crippen LogP contribution in [-0.2, 0) is 27.4 Å². The Balaban J connectivity index is 2.30. The van der Waals surface area contributed by atoms with Gasteiger partial charge in [-0.3, -0.25) is 18.9 Å². The summed E-state index contributed by atoms with van der Waals surface area (Å²) in [6, 6.07) is 0.941. The van der Waals surface area contributed by atoms with Crippen molar-refractivity contribution in [2.75, 3.05) is 13.2 Å². The lowest BCUT2D eigenvalue weighted by molar-refractivity contribution is -0.277. The average Bonchev–Trinajstić information content (AvgIpc) is 2.77. The van der Waals surface area contributed by atoms with Crippen LogP contribution in [-0.4, -0.2) is 65.7 Å². The van der Waals surface area contributed by atoms with E-state index in [0.717, 1.165) is 16.8 Å². The van der Waals surface area contributed by atoms with Crippen molar-refractivity contribution in [3.8, 4) is 0 Å². The Morgan fingerprint density at radius 2 is 1.93 bits per heavy atom. The van der Waals surface area contributed by atoms with Crippen molar-refractivity contribution < 1.29 is 52.3 Å². The van der Waals surface area contributed by atoms with E-state index in [1.807, 2.05) is 4.98 Å². The Morgan fingerprint density at radius 3 is 2.46 bits per heavy atom. The molecule has 1 fully saturated rings. The van der Waals surface area contributed by atoms with Gasteiger partial charge in [0.1, 0.15) is 18.8 Å². The average molecular weight is 448 g/mol. The molecule has 1 aromatic heterocycles. The van der Waals surface area contributed by atoms with Gasteiger partial charge in [-0.15, -0.1) is 0 Å². The molecule has 0 bridgehead atoms. The first-order valence-corrected chi connectivity index (χ1v) is 10.6. The van der Waals surface area contributed by atoms with Crippen LogP contribution in [0.15, 0.2) is 21.9 Å². The SMILES string of the molecule is CCO[C@]1(COP(=O)(O)OP(=O)(O)O)O[C@@H](n2ccc(=O)[nH]c2=O)[C@H](O)[C@@H]1O. The lowest BCUT2D eigenvalue weighted by Crippen LogP contribution is -2.49. The monoisotopic (exact) mass is 448 g/mol. The van der Waals surface area contributed by atoms with Gasteiger partial charge in [0, 0.05) is 18.9 Å². The van der Waals surface area contributed by atoms with Crippen molar-refractivity contribution in [2.24, 2.45) is 0 Å². The summed E-state index contributed by atoms with van der Waals surface area (Å²) in [5.74, 6) is -2.31. The Hall–Kier alpha value is -1.22. The number of hydrogen-bond acceptors (Lipinski definition) is 10. The largest absolute Gasteiger partial charge is 0.481 e. The van der Waals surface area contributed by atoms with Gasteiger partial charge in [-0.25, -0.2) is 13.9 Å². The number of nitrogens with zero attached hydrogens (tertiary/aromatic N) is 1. The molecule has 0 amide bonds. The van der Waals surface area contributed by atoms with E-state index >= 15 is 0 Å². The third-order valence-corrected chi connectivity index (χ3v) is 5.67. The zero-order chi connectivity index (χ0) is 21.3. The zero-order valence-corrected chi connectivity index (χ0v) is 15.9. The number of aromatic amines is 1. The molecular formula is C11H18N2O13P2. The van der Waals surface area contributed by atoms with Crippen molar-refractivity contribution in [1.29, 1.82) is 0 Å². The second-order valence-electron chi connectivity index (χ2n) is 5.52. The first kappa shape index (κ1) is 23.1. The van der Waals surface area contributed by atoms with Crippen LogP contribution in [0.25, 0.3) is 0 Å². The summed E-state index contributed by atoms with van der Waals surface area (Å²) in [5.41, 5.74) is -1.72. The quantitative estimate of drug-likeness (QED) is 0.231. The number of aliphatic hydroxyl groups excluding tert-OH is 2. The summed E-state index contributed by atoms with van der Waals surface area (Å²) in [6.45, 7) is 0.144. The second-order valence-corrected chi connectivity index (χ2v) is 8.35. The fourth-order valence-corrected chi connectivity index (χ4v) is 4.07. The van der Waals surface area contributed by atoms with Gasteiger partial charge in [-0.1, -0.05) is 0 Å². The van der Waals surface area contributed by atoms with Gasteiger partial charge >= 0.3 is 21.3 Å². The number of hydrogen-bond donors (Lipinski definition) is 6. The Morgan fingerprint density at radius 1 is 1.29 bits per heavy atom. The minimum atomic E-state index is -5.40. The fraction of sp³-hybridized carbons (Fsp3) is 0.636. The highest BCUT2D eigenvalue weighted by molar-refractivity contribution is 7.60. The molecule has 0 aliphatic carbocycles. The number of aliphatic hydroxyl groups is 2. The van der Waals surface area contributed by atoms with Gasteiger partial charge in [0.05, 0.1) is 0 Å². The first-order valence-electron chi connectivity index (χ1n) is 7.54. The number of phosphoric acid groups is 2. The van der Waals surface area contributed by atoms with Crippen LogP contribution >= 0.6 is 15.6 Å². The van der Waals surface area contributed by atoms with Crippen LogP contribution in [0.2, 0.25) is 0 Å². The van der Waals surface area contributed by atoms with Gasteiger partial charge in [-0.2, -0.15) is 4.31 Å². The minimum absolute atomic E-state index is 0.171. The molecule has 1 aromatic rings. The summed E-state index contributed by atoms with van der Waals surface area (Å²) >= 11 is 0.